The van der Waals surface area contributed by atoms with Crippen molar-refractivity contribution in [2.45, 2.75) is 6.42 Å². The normalized spacial score (nSPS) is 10.1. The van der Waals surface area contributed by atoms with E-state index in [9.17, 15) is 4.79 Å². The van der Waals surface area contributed by atoms with Gasteiger partial charge in [-0.25, -0.2) is 0 Å². The molecule has 0 aliphatic carbocycles. The van der Waals surface area contributed by atoms with Crippen LogP contribution in [0, 0.1) is 0 Å². The second-order valence-corrected chi connectivity index (χ2v) is 3.77. The molecule has 0 bridgehead atoms. The van der Waals surface area contributed by atoms with Gasteiger partial charge in [0.2, 0.25) is 17.1 Å². The Morgan fingerprint density at radius 3 is 2.74 bits per heavy atom. The first kappa shape index (κ1) is 15.4. The number of rotatable bonds is 8. The first-order chi connectivity index (χ1) is 9.15. The Morgan fingerprint density at radius 2 is 2.05 bits per heavy atom. The van der Waals surface area contributed by atoms with Crippen molar-refractivity contribution in [1.29, 1.82) is 0 Å². The molecule has 0 radical (unpaired) electrons. The summed E-state index contributed by atoms with van der Waals surface area (Å²) in [6.45, 7) is 1.35. The topological polar surface area (TPSA) is 98.3 Å². The van der Waals surface area contributed by atoms with Gasteiger partial charge in [0.15, 0.2) is 0 Å². The van der Waals surface area contributed by atoms with Crippen molar-refractivity contribution < 1.29 is 14.3 Å². The molecular weight excluding hydrogens is 274 g/mol. The Balaban J connectivity index is 2.32. The largest absolute Gasteiger partial charge is 0.467 e. The van der Waals surface area contributed by atoms with Gasteiger partial charge in [-0.1, -0.05) is 0 Å². The van der Waals surface area contributed by atoms with Crippen molar-refractivity contribution in [3.63, 3.8) is 0 Å². The van der Waals surface area contributed by atoms with Gasteiger partial charge in [-0.2, -0.15) is 15.0 Å². The molecule has 1 amide bonds. The summed E-state index contributed by atoms with van der Waals surface area (Å²) in [6, 6.07) is 0.118. The van der Waals surface area contributed by atoms with Crippen LogP contribution in [0.2, 0.25) is 5.28 Å². The van der Waals surface area contributed by atoms with Gasteiger partial charge in [-0.3, -0.25) is 4.79 Å². The van der Waals surface area contributed by atoms with Crippen LogP contribution in [0.1, 0.15) is 6.42 Å². The molecule has 0 saturated heterocycles. The highest BCUT2D eigenvalue weighted by molar-refractivity contribution is 6.28. The minimum atomic E-state index is -0.0864. The van der Waals surface area contributed by atoms with E-state index in [-0.39, 0.29) is 29.6 Å². The number of nitrogens with one attached hydrogen (secondary N) is 2. The molecule has 0 saturated carbocycles. The second-order valence-electron chi connectivity index (χ2n) is 3.43. The molecule has 1 aromatic rings. The number of aromatic nitrogens is 3. The molecule has 0 aromatic carbocycles. The van der Waals surface area contributed by atoms with E-state index in [1.54, 1.807) is 7.11 Å². The summed E-state index contributed by atoms with van der Waals surface area (Å²) in [5, 5.41) is 5.59. The second kappa shape index (κ2) is 8.44. The lowest BCUT2D eigenvalue weighted by Gasteiger charge is -2.06. The molecule has 0 unspecified atom stereocenters. The maximum absolute atomic E-state index is 11.4. The number of nitrogens with zero attached hydrogens (tertiary/aromatic N) is 3. The first-order valence-electron chi connectivity index (χ1n) is 5.60. The average molecular weight is 290 g/mol. The van der Waals surface area contributed by atoms with E-state index in [1.807, 2.05) is 0 Å². The van der Waals surface area contributed by atoms with Crippen LogP contribution in [-0.2, 0) is 9.53 Å². The molecular formula is C10H16ClN5O3. The molecule has 0 aliphatic rings. The number of halogens is 1. The summed E-state index contributed by atoms with van der Waals surface area (Å²) in [7, 11) is 3.00. The lowest BCUT2D eigenvalue weighted by atomic mass is 10.4. The third-order valence-electron chi connectivity index (χ3n) is 2.03. The number of amides is 1. The van der Waals surface area contributed by atoms with E-state index in [0.29, 0.717) is 19.7 Å². The Bertz CT molecular complexity index is 418. The van der Waals surface area contributed by atoms with Crippen molar-refractivity contribution in [2.75, 3.05) is 39.2 Å². The van der Waals surface area contributed by atoms with Crippen LogP contribution < -0.4 is 15.4 Å². The first-order valence-corrected chi connectivity index (χ1v) is 5.98. The van der Waals surface area contributed by atoms with Crippen LogP contribution in [0.5, 0.6) is 6.01 Å². The van der Waals surface area contributed by atoms with Crippen molar-refractivity contribution >= 4 is 23.5 Å². The predicted octanol–water partition coefficient (Wildman–Crippen LogP) is 0.0982. The molecule has 9 heteroatoms. The lowest BCUT2D eigenvalue weighted by molar-refractivity contribution is -0.121. The Labute approximate surface area is 115 Å². The average Bonchev–Trinajstić information content (AvgIpc) is 2.38. The number of hydrogen-bond acceptors (Lipinski definition) is 7. The minimum Gasteiger partial charge on any atom is -0.467 e. The van der Waals surface area contributed by atoms with E-state index in [2.05, 4.69) is 25.6 Å². The molecule has 2 N–H and O–H groups in total. The lowest BCUT2D eigenvalue weighted by Crippen LogP contribution is -2.28. The SMILES string of the molecule is COCCNC(=O)CCNc1nc(Cl)nc(OC)n1. The standard InChI is InChI=1S/C10H16ClN5O3/c1-18-6-5-12-7(17)3-4-13-9-14-8(11)15-10(16-9)19-2/h3-6H2,1-2H3,(H,12,17)(H,13,14,15,16). The van der Waals surface area contributed by atoms with E-state index in [0.717, 1.165) is 0 Å². The fourth-order valence-electron chi connectivity index (χ4n) is 1.17. The quantitative estimate of drug-likeness (QED) is 0.655. The van der Waals surface area contributed by atoms with Crippen LogP contribution in [0.3, 0.4) is 0 Å². The highest BCUT2D eigenvalue weighted by atomic mass is 35.5. The third kappa shape index (κ3) is 6.16. The monoisotopic (exact) mass is 289 g/mol. The maximum Gasteiger partial charge on any atom is 0.322 e. The van der Waals surface area contributed by atoms with Crippen LogP contribution in [0.4, 0.5) is 5.95 Å². The van der Waals surface area contributed by atoms with Crippen LogP contribution in [0.25, 0.3) is 0 Å². The van der Waals surface area contributed by atoms with Gasteiger partial charge in [0.05, 0.1) is 13.7 Å². The van der Waals surface area contributed by atoms with Crippen molar-refractivity contribution in [3.05, 3.63) is 5.28 Å². The number of ether oxygens (including phenoxy) is 2. The van der Waals surface area contributed by atoms with E-state index in [1.165, 1.54) is 7.11 Å². The smallest absolute Gasteiger partial charge is 0.322 e. The summed E-state index contributed by atoms with van der Waals surface area (Å²) in [5.41, 5.74) is 0. The molecule has 1 aromatic heterocycles. The summed E-state index contributed by atoms with van der Waals surface area (Å²) in [6.07, 6.45) is 0.287. The highest BCUT2D eigenvalue weighted by Gasteiger charge is 2.05. The molecule has 1 rings (SSSR count). The van der Waals surface area contributed by atoms with Gasteiger partial charge in [0.25, 0.3) is 0 Å². The molecule has 0 fully saturated rings. The molecule has 106 valence electrons. The van der Waals surface area contributed by atoms with Crippen LogP contribution in [-0.4, -0.2) is 54.8 Å². The zero-order valence-corrected chi connectivity index (χ0v) is 11.5. The van der Waals surface area contributed by atoms with Gasteiger partial charge < -0.3 is 20.1 Å². The molecule has 0 spiro atoms. The fraction of sp³-hybridized carbons (Fsp3) is 0.600. The highest BCUT2D eigenvalue weighted by Crippen LogP contribution is 2.10. The Hall–Kier alpha value is -1.67. The maximum atomic E-state index is 11.4. The van der Waals surface area contributed by atoms with Gasteiger partial charge in [0, 0.05) is 26.6 Å². The number of carbonyl (C=O) groups excluding carboxylic acids is 1. The number of hydrogen-bond donors (Lipinski definition) is 2. The molecule has 8 nitrogen and oxygen atoms in total. The van der Waals surface area contributed by atoms with Crippen molar-refractivity contribution in [3.8, 4) is 6.01 Å². The number of methoxy groups -OCH3 is 2. The summed E-state index contributed by atoms with van der Waals surface area (Å²) in [4.78, 5) is 22.9. The Morgan fingerprint density at radius 1 is 1.26 bits per heavy atom. The molecule has 19 heavy (non-hydrogen) atoms. The predicted molar refractivity (Wildman–Crippen MR) is 69.4 cm³/mol. The van der Waals surface area contributed by atoms with Gasteiger partial charge in [-0.15, -0.1) is 0 Å². The minimum absolute atomic E-state index is 0.0268. The summed E-state index contributed by atoms with van der Waals surface area (Å²) < 4.78 is 9.67. The number of anilines is 1. The third-order valence-corrected chi connectivity index (χ3v) is 2.20. The Kier molecular flexibility index (Phi) is 6.83. The van der Waals surface area contributed by atoms with Crippen molar-refractivity contribution in [1.82, 2.24) is 20.3 Å². The zero-order chi connectivity index (χ0) is 14.1. The van der Waals surface area contributed by atoms with Gasteiger partial charge in [-0.05, 0) is 11.6 Å². The molecule has 0 atom stereocenters. The van der Waals surface area contributed by atoms with Gasteiger partial charge in [0.1, 0.15) is 0 Å². The van der Waals surface area contributed by atoms with Crippen LogP contribution in [0.15, 0.2) is 0 Å². The molecule has 0 aliphatic heterocycles. The van der Waals surface area contributed by atoms with Gasteiger partial charge >= 0.3 is 6.01 Å². The van der Waals surface area contributed by atoms with E-state index < -0.39 is 0 Å². The zero-order valence-electron chi connectivity index (χ0n) is 10.8. The summed E-state index contributed by atoms with van der Waals surface area (Å²) in [5.74, 6) is 0.179. The van der Waals surface area contributed by atoms with Crippen LogP contribution >= 0.6 is 11.6 Å². The molecule has 1 heterocycles. The van der Waals surface area contributed by atoms with E-state index >= 15 is 0 Å². The fourth-order valence-corrected chi connectivity index (χ4v) is 1.32. The van der Waals surface area contributed by atoms with E-state index in [4.69, 9.17) is 21.1 Å². The summed E-state index contributed by atoms with van der Waals surface area (Å²) >= 11 is 5.68. The number of carbonyl (C=O) groups is 1. The van der Waals surface area contributed by atoms with Crippen molar-refractivity contribution in [2.24, 2.45) is 0 Å².